The molecule has 0 N–H and O–H groups in total. The Bertz CT molecular complexity index is 1090. The van der Waals surface area contributed by atoms with Crippen LogP contribution in [0.25, 0.3) is 23.3 Å². The molecule has 0 saturated carbocycles. The van der Waals surface area contributed by atoms with Gasteiger partial charge in [-0.05, 0) is 97.3 Å². The fourth-order valence-electron chi connectivity index (χ4n) is 3.04. The van der Waals surface area contributed by atoms with Crippen molar-refractivity contribution in [1.29, 1.82) is 0 Å². The summed E-state index contributed by atoms with van der Waals surface area (Å²) < 4.78 is 0. The van der Waals surface area contributed by atoms with Gasteiger partial charge in [0.1, 0.15) is 0 Å². The Balaban J connectivity index is 1.59. The van der Waals surface area contributed by atoms with Crippen LogP contribution in [0.3, 0.4) is 0 Å². The highest BCUT2D eigenvalue weighted by Gasteiger charge is 2.03. The normalized spacial score (nSPS) is 11.9. The van der Waals surface area contributed by atoms with Gasteiger partial charge in [-0.1, -0.05) is 42.2 Å². The molecule has 0 aliphatic rings. The first-order valence-electron chi connectivity index (χ1n) is 10.5. The van der Waals surface area contributed by atoms with E-state index in [1.165, 1.54) is 22.3 Å². The van der Waals surface area contributed by atoms with Crippen molar-refractivity contribution in [3.63, 3.8) is 0 Å². The molecule has 2 aromatic heterocycles. The SMILES string of the molecule is CN(C/C=C/C#CC(C)(C)C)Cc1ccnc(/C=C/c2cccc(-c3ccsc3)c2)c1. The molecule has 2 heterocycles. The van der Waals surface area contributed by atoms with Gasteiger partial charge in [0.15, 0.2) is 0 Å². The van der Waals surface area contributed by atoms with Gasteiger partial charge in [0.25, 0.3) is 0 Å². The lowest BCUT2D eigenvalue weighted by molar-refractivity contribution is 0.363. The molecule has 0 unspecified atom stereocenters. The predicted molar refractivity (Wildman–Crippen MR) is 136 cm³/mol. The van der Waals surface area contributed by atoms with E-state index in [-0.39, 0.29) is 5.41 Å². The third kappa shape index (κ3) is 8.02. The van der Waals surface area contributed by atoms with Gasteiger partial charge in [0, 0.05) is 24.7 Å². The largest absolute Gasteiger partial charge is 0.298 e. The molecule has 0 saturated heterocycles. The van der Waals surface area contributed by atoms with Crippen molar-refractivity contribution in [1.82, 2.24) is 9.88 Å². The van der Waals surface area contributed by atoms with Gasteiger partial charge >= 0.3 is 0 Å². The molecule has 3 heteroatoms. The van der Waals surface area contributed by atoms with Crippen molar-refractivity contribution in [2.45, 2.75) is 27.3 Å². The smallest absolute Gasteiger partial charge is 0.0633 e. The molecular weight excluding hydrogens is 396 g/mol. The molecule has 0 atom stereocenters. The Hall–Kier alpha value is -2.93. The van der Waals surface area contributed by atoms with Crippen molar-refractivity contribution in [3.05, 3.63) is 88.4 Å². The number of hydrogen-bond acceptors (Lipinski definition) is 3. The first-order chi connectivity index (χ1) is 14.9. The molecule has 1 aromatic carbocycles. The summed E-state index contributed by atoms with van der Waals surface area (Å²) in [5.41, 5.74) is 5.95. The zero-order valence-electron chi connectivity index (χ0n) is 18.8. The van der Waals surface area contributed by atoms with Crippen LogP contribution in [-0.2, 0) is 6.54 Å². The summed E-state index contributed by atoms with van der Waals surface area (Å²) in [4.78, 5) is 6.77. The summed E-state index contributed by atoms with van der Waals surface area (Å²) in [5.74, 6) is 6.34. The Morgan fingerprint density at radius 2 is 1.94 bits per heavy atom. The number of hydrogen-bond donors (Lipinski definition) is 0. The lowest BCUT2D eigenvalue weighted by Gasteiger charge is -2.14. The maximum Gasteiger partial charge on any atom is 0.0633 e. The molecule has 3 rings (SSSR count). The monoisotopic (exact) mass is 426 g/mol. The van der Waals surface area contributed by atoms with Gasteiger partial charge in [-0.3, -0.25) is 9.88 Å². The van der Waals surface area contributed by atoms with Gasteiger partial charge in [-0.2, -0.15) is 11.3 Å². The number of allylic oxidation sites excluding steroid dienone is 1. The maximum atomic E-state index is 4.51. The van der Waals surface area contributed by atoms with Gasteiger partial charge in [-0.25, -0.2) is 0 Å². The van der Waals surface area contributed by atoms with Crippen LogP contribution in [0.4, 0.5) is 0 Å². The van der Waals surface area contributed by atoms with Crippen molar-refractivity contribution in [3.8, 4) is 23.0 Å². The fraction of sp³-hybridized carbons (Fsp3) is 0.250. The van der Waals surface area contributed by atoms with E-state index in [1.54, 1.807) is 11.3 Å². The summed E-state index contributed by atoms with van der Waals surface area (Å²) in [5, 5.41) is 4.29. The fourth-order valence-corrected chi connectivity index (χ4v) is 3.71. The first-order valence-corrected chi connectivity index (χ1v) is 11.5. The summed E-state index contributed by atoms with van der Waals surface area (Å²) in [6.07, 6.45) is 10.2. The van der Waals surface area contributed by atoms with E-state index >= 15 is 0 Å². The second kappa shape index (κ2) is 10.9. The van der Waals surface area contributed by atoms with Crippen LogP contribution in [0.2, 0.25) is 0 Å². The van der Waals surface area contributed by atoms with Crippen molar-refractivity contribution in [2.24, 2.45) is 5.41 Å². The molecule has 0 amide bonds. The van der Waals surface area contributed by atoms with Crippen molar-refractivity contribution in [2.75, 3.05) is 13.6 Å². The topological polar surface area (TPSA) is 16.1 Å². The minimum Gasteiger partial charge on any atom is -0.298 e. The van der Waals surface area contributed by atoms with E-state index in [2.05, 4.69) is 121 Å². The van der Waals surface area contributed by atoms with Gasteiger partial charge in [0.2, 0.25) is 0 Å². The van der Waals surface area contributed by atoms with Crippen LogP contribution >= 0.6 is 11.3 Å². The summed E-state index contributed by atoms with van der Waals surface area (Å²) in [6.45, 7) is 8.09. The molecule has 2 nitrogen and oxygen atoms in total. The lowest BCUT2D eigenvalue weighted by atomic mass is 9.98. The number of pyridine rings is 1. The molecule has 0 radical (unpaired) electrons. The Kier molecular flexibility index (Phi) is 8.00. The Morgan fingerprint density at radius 1 is 1.06 bits per heavy atom. The number of thiophene rings is 1. The van der Waals surface area contributed by atoms with Crippen LogP contribution in [0.1, 0.15) is 37.6 Å². The first kappa shape index (κ1) is 22.7. The molecular formula is C28H30N2S. The Labute approximate surface area is 191 Å². The molecule has 0 bridgehead atoms. The number of aromatic nitrogens is 1. The van der Waals surface area contributed by atoms with E-state index in [1.807, 2.05) is 12.3 Å². The van der Waals surface area contributed by atoms with E-state index in [9.17, 15) is 0 Å². The van der Waals surface area contributed by atoms with Crippen LogP contribution in [-0.4, -0.2) is 23.5 Å². The Morgan fingerprint density at radius 3 is 2.71 bits per heavy atom. The molecule has 158 valence electrons. The zero-order valence-corrected chi connectivity index (χ0v) is 19.6. The minimum atomic E-state index is 0.0441. The third-order valence-corrected chi connectivity index (χ3v) is 5.23. The third-order valence-electron chi connectivity index (χ3n) is 4.55. The second-order valence-corrected chi connectivity index (χ2v) is 9.46. The van der Waals surface area contributed by atoms with E-state index in [4.69, 9.17) is 0 Å². The highest BCUT2D eigenvalue weighted by Crippen LogP contribution is 2.23. The van der Waals surface area contributed by atoms with Crippen LogP contribution in [0.15, 0.2) is 71.6 Å². The molecule has 0 spiro atoms. The number of rotatable bonds is 7. The quantitative estimate of drug-likeness (QED) is 0.377. The van der Waals surface area contributed by atoms with Gasteiger partial charge in [0.05, 0.1) is 5.69 Å². The van der Waals surface area contributed by atoms with Crippen LogP contribution in [0.5, 0.6) is 0 Å². The van der Waals surface area contributed by atoms with E-state index in [0.29, 0.717) is 0 Å². The average Bonchev–Trinajstić information content (AvgIpc) is 3.27. The predicted octanol–water partition coefficient (Wildman–Crippen LogP) is 7.02. The maximum absolute atomic E-state index is 4.51. The zero-order chi connectivity index (χ0) is 22.1. The standard InChI is InChI=1S/C28H30N2S/c1-28(2,3)15-6-5-7-17-30(4)21-24-13-16-29-27(20-24)12-11-23-9-8-10-25(19-23)26-14-18-31-22-26/h5,7-14,16,18-20,22H,17,21H2,1-4H3/b7-5+,12-11+. The summed E-state index contributed by atoms with van der Waals surface area (Å²) in [6, 6.07) is 15.0. The summed E-state index contributed by atoms with van der Waals surface area (Å²) in [7, 11) is 2.12. The number of likely N-dealkylation sites (N-methyl/N-ethyl adjacent to an activating group) is 1. The molecule has 0 aliphatic carbocycles. The number of benzene rings is 1. The lowest BCUT2D eigenvalue weighted by Crippen LogP contribution is -2.17. The van der Waals surface area contributed by atoms with Crippen LogP contribution in [0, 0.1) is 17.3 Å². The van der Waals surface area contributed by atoms with Gasteiger partial charge < -0.3 is 0 Å². The highest BCUT2D eigenvalue weighted by molar-refractivity contribution is 7.08. The van der Waals surface area contributed by atoms with Crippen molar-refractivity contribution >= 4 is 23.5 Å². The van der Waals surface area contributed by atoms with E-state index < -0.39 is 0 Å². The minimum absolute atomic E-state index is 0.0441. The molecule has 0 aliphatic heterocycles. The molecule has 0 fully saturated rings. The summed E-state index contributed by atoms with van der Waals surface area (Å²) >= 11 is 1.72. The second-order valence-electron chi connectivity index (χ2n) is 8.68. The number of nitrogens with zero attached hydrogens (tertiary/aromatic N) is 2. The van der Waals surface area contributed by atoms with E-state index in [0.717, 1.165) is 18.8 Å². The highest BCUT2D eigenvalue weighted by atomic mass is 32.1. The molecule has 31 heavy (non-hydrogen) atoms. The van der Waals surface area contributed by atoms with Crippen molar-refractivity contribution < 1.29 is 0 Å². The molecule has 3 aromatic rings. The van der Waals surface area contributed by atoms with Gasteiger partial charge in [-0.15, -0.1) is 0 Å². The van der Waals surface area contributed by atoms with Crippen LogP contribution < -0.4 is 0 Å². The average molecular weight is 427 g/mol.